The van der Waals surface area contributed by atoms with Gasteiger partial charge in [-0.2, -0.15) is 5.26 Å². The zero-order valence-electron chi connectivity index (χ0n) is 9.89. The van der Waals surface area contributed by atoms with Gasteiger partial charge in [-0.05, 0) is 36.5 Å². The first-order valence-corrected chi connectivity index (χ1v) is 6.17. The van der Waals surface area contributed by atoms with Crippen LogP contribution in [0, 0.1) is 17.2 Å². The van der Waals surface area contributed by atoms with E-state index < -0.39 is 0 Å². The predicted molar refractivity (Wildman–Crippen MR) is 66.2 cm³/mol. The molecule has 2 rings (SSSR count). The Kier molecular flexibility index (Phi) is 4.13. The van der Waals surface area contributed by atoms with E-state index in [0.29, 0.717) is 11.5 Å². The quantitative estimate of drug-likeness (QED) is 0.829. The summed E-state index contributed by atoms with van der Waals surface area (Å²) in [6.45, 7) is 1.68. The number of aliphatic hydroxyl groups is 1. The van der Waals surface area contributed by atoms with Crippen LogP contribution in [0.1, 0.15) is 30.4 Å². The molecule has 2 unspecified atom stereocenters. The monoisotopic (exact) mass is 230 g/mol. The molecule has 2 N–H and O–H groups in total. The summed E-state index contributed by atoms with van der Waals surface area (Å²) < 4.78 is 0. The Morgan fingerprint density at radius 2 is 2.06 bits per heavy atom. The molecule has 0 bridgehead atoms. The molecule has 1 aromatic carbocycles. The van der Waals surface area contributed by atoms with E-state index in [4.69, 9.17) is 5.26 Å². The Morgan fingerprint density at radius 3 is 2.65 bits per heavy atom. The van der Waals surface area contributed by atoms with Crippen molar-refractivity contribution in [3.05, 3.63) is 35.4 Å². The highest BCUT2D eigenvalue weighted by atomic mass is 16.3. The number of benzene rings is 1. The van der Waals surface area contributed by atoms with Crippen molar-refractivity contribution in [1.29, 1.82) is 5.26 Å². The first-order valence-electron chi connectivity index (χ1n) is 6.17. The highest BCUT2D eigenvalue weighted by Gasteiger charge is 2.24. The summed E-state index contributed by atoms with van der Waals surface area (Å²) in [6, 6.07) is 9.71. The second-order valence-electron chi connectivity index (χ2n) is 4.70. The maximum absolute atomic E-state index is 9.68. The Hall–Kier alpha value is -1.37. The van der Waals surface area contributed by atoms with Crippen molar-refractivity contribution < 1.29 is 5.11 Å². The third-order valence-electron chi connectivity index (χ3n) is 3.44. The maximum atomic E-state index is 9.68. The lowest BCUT2D eigenvalue weighted by molar-refractivity contribution is 0.131. The lowest BCUT2D eigenvalue weighted by Gasteiger charge is -2.15. The summed E-state index contributed by atoms with van der Waals surface area (Å²) in [5, 5.41) is 21.7. The molecular formula is C14H18N2O. The molecule has 0 aromatic heterocycles. The Bertz CT molecular complexity index is 394. The number of aliphatic hydroxyl groups excluding tert-OH is 1. The fourth-order valence-corrected chi connectivity index (χ4v) is 2.35. The maximum Gasteiger partial charge on any atom is 0.0991 e. The number of nitrogens with zero attached hydrogens (tertiary/aromatic N) is 1. The van der Waals surface area contributed by atoms with Gasteiger partial charge in [0.1, 0.15) is 0 Å². The Morgan fingerprint density at radius 1 is 1.29 bits per heavy atom. The van der Waals surface area contributed by atoms with Gasteiger partial charge in [0, 0.05) is 13.1 Å². The third kappa shape index (κ3) is 3.29. The van der Waals surface area contributed by atoms with Crippen LogP contribution in [0.25, 0.3) is 0 Å². The van der Waals surface area contributed by atoms with E-state index in [1.54, 1.807) is 0 Å². The minimum Gasteiger partial charge on any atom is -0.393 e. The molecular weight excluding hydrogens is 212 g/mol. The Balaban J connectivity index is 1.76. The molecule has 3 heteroatoms. The summed E-state index contributed by atoms with van der Waals surface area (Å²) in [4.78, 5) is 0. The highest BCUT2D eigenvalue weighted by molar-refractivity contribution is 5.31. The number of nitrogens with one attached hydrogen (secondary N) is 1. The van der Waals surface area contributed by atoms with Gasteiger partial charge in [0.2, 0.25) is 0 Å². The minimum absolute atomic E-state index is 0.122. The predicted octanol–water partition coefficient (Wildman–Crippen LogP) is 1.81. The van der Waals surface area contributed by atoms with Gasteiger partial charge >= 0.3 is 0 Å². The number of nitriles is 1. The zero-order valence-corrected chi connectivity index (χ0v) is 9.89. The Labute approximate surface area is 102 Å². The van der Waals surface area contributed by atoms with E-state index in [1.807, 2.05) is 24.3 Å². The molecule has 0 aliphatic heterocycles. The van der Waals surface area contributed by atoms with Crippen LogP contribution in [0.5, 0.6) is 0 Å². The molecule has 1 fully saturated rings. The van der Waals surface area contributed by atoms with Gasteiger partial charge in [-0.3, -0.25) is 0 Å². The van der Waals surface area contributed by atoms with Crippen LogP contribution < -0.4 is 5.32 Å². The van der Waals surface area contributed by atoms with E-state index in [9.17, 15) is 5.11 Å². The molecule has 0 radical (unpaired) electrons. The van der Waals surface area contributed by atoms with Crippen LogP contribution in [0.3, 0.4) is 0 Å². The van der Waals surface area contributed by atoms with Crippen LogP contribution in [-0.2, 0) is 6.54 Å². The molecule has 0 amide bonds. The largest absolute Gasteiger partial charge is 0.393 e. The van der Waals surface area contributed by atoms with Crippen molar-refractivity contribution in [3.63, 3.8) is 0 Å². The second kappa shape index (κ2) is 5.81. The molecule has 1 saturated carbocycles. The molecule has 3 nitrogen and oxygen atoms in total. The van der Waals surface area contributed by atoms with Crippen LogP contribution >= 0.6 is 0 Å². The third-order valence-corrected chi connectivity index (χ3v) is 3.44. The van der Waals surface area contributed by atoms with Crippen molar-refractivity contribution in [3.8, 4) is 6.07 Å². The van der Waals surface area contributed by atoms with E-state index in [-0.39, 0.29) is 6.10 Å². The van der Waals surface area contributed by atoms with Gasteiger partial charge < -0.3 is 10.4 Å². The van der Waals surface area contributed by atoms with Crippen molar-refractivity contribution in [1.82, 2.24) is 5.32 Å². The van der Waals surface area contributed by atoms with Crippen molar-refractivity contribution >= 4 is 0 Å². The molecule has 17 heavy (non-hydrogen) atoms. The van der Waals surface area contributed by atoms with E-state index in [0.717, 1.165) is 32.4 Å². The lowest BCUT2D eigenvalue weighted by atomic mass is 10.1. The molecule has 0 spiro atoms. The van der Waals surface area contributed by atoms with Crippen LogP contribution in [-0.4, -0.2) is 17.8 Å². The zero-order chi connectivity index (χ0) is 12.1. The van der Waals surface area contributed by atoms with Crippen molar-refractivity contribution in [2.45, 2.75) is 31.9 Å². The van der Waals surface area contributed by atoms with Crippen LogP contribution in [0.2, 0.25) is 0 Å². The molecule has 0 heterocycles. The van der Waals surface area contributed by atoms with Gasteiger partial charge in [-0.1, -0.05) is 18.6 Å². The molecule has 1 aromatic rings. The first-order chi connectivity index (χ1) is 8.29. The van der Waals surface area contributed by atoms with Gasteiger partial charge in [-0.15, -0.1) is 0 Å². The van der Waals surface area contributed by atoms with Gasteiger partial charge in [0.05, 0.1) is 17.7 Å². The average molecular weight is 230 g/mol. The van der Waals surface area contributed by atoms with Crippen LogP contribution in [0.4, 0.5) is 0 Å². The summed E-state index contributed by atoms with van der Waals surface area (Å²) in [7, 11) is 0. The van der Waals surface area contributed by atoms with Gasteiger partial charge in [-0.25, -0.2) is 0 Å². The van der Waals surface area contributed by atoms with Crippen molar-refractivity contribution in [2.75, 3.05) is 6.54 Å². The number of rotatable bonds is 4. The molecule has 2 atom stereocenters. The second-order valence-corrected chi connectivity index (χ2v) is 4.70. The van der Waals surface area contributed by atoms with E-state index in [2.05, 4.69) is 11.4 Å². The number of hydrogen-bond acceptors (Lipinski definition) is 3. The molecule has 0 saturated heterocycles. The van der Waals surface area contributed by atoms with E-state index in [1.165, 1.54) is 5.56 Å². The first kappa shape index (κ1) is 12.1. The summed E-state index contributed by atoms with van der Waals surface area (Å²) in [5.41, 5.74) is 1.87. The summed E-state index contributed by atoms with van der Waals surface area (Å²) in [6.07, 6.45) is 3.10. The fraction of sp³-hybridized carbons (Fsp3) is 0.500. The lowest BCUT2D eigenvalue weighted by Crippen LogP contribution is -2.27. The van der Waals surface area contributed by atoms with Gasteiger partial charge in [0.25, 0.3) is 0 Å². The fourth-order valence-electron chi connectivity index (χ4n) is 2.35. The summed E-state index contributed by atoms with van der Waals surface area (Å²) in [5.74, 6) is 0.411. The minimum atomic E-state index is -0.122. The summed E-state index contributed by atoms with van der Waals surface area (Å²) >= 11 is 0. The topological polar surface area (TPSA) is 56.0 Å². The normalized spacial score (nSPS) is 23.5. The standard InChI is InChI=1S/C14H18N2O/c15-8-11-4-6-12(7-5-11)9-16-10-13-2-1-3-14(13)17/h4-7,13-14,16-17H,1-3,9-10H2. The van der Waals surface area contributed by atoms with Gasteiger partial charge in [0.15, 0.2) is 0 Å². The van der Waals surface area contributed by atoms with Crippen molar-refractivity contribution in [2.24, 2.45) is 5.92 Å². The number of hydrogen-bond donors (Lipinski definition) is 2. The highest BCUT2D eigenvalue weighted by Crippen LogP contribution is 2.24. The molecule has 1 aliphatic carbocycles. The molecule has 1 aliphatic rings. The smallest absolute Gasteiger partial charge is 0.0991 e. The SMILES string of the molecule is N#Cc1ccc(CNCC2CCCC2O)cc1. The van der Waals surface area contributed by atoms with E-state index >= 15 is 0 Å². The average Bonchev–Trinajstić information content (AvgIpc) is 2.76. The van der Waals surface area contributed by atoms with Crippen LogP contribution in [0.15, 0.2) is 24.3 Å². The molecule has 90 valence electrons.